The van der Waals surface area contributed by atoms with Crippen molar-refractivity contribution >= 4 is 47.7 Å². The first-order valence-corrected chi connectivity index (χ1v) is 17.6. The molecule has 6 aromatic carbocycles. The van der Waals surface area contributed by atoms with Gasteiger partial charge in [0.05, 0.1) is 0 Å². The van der Waals surface area contributed by atoms with Gasteiger partial charge in [0.2, 0.25) is 5.79 Å². The number of fused-ring (bicyclic) bond motifs is 2. The second kappa shape index (κ2) is 12.6. The van der Waals surface area contributed by atoms with E-state index >= 15 is 0 Å². The van der Waals surface area contributed by atoms with Crippen LogP contribution in [0.2, 0.25) is 0 Å². The van der Waals surface area contributed by atoms with Gasteiger partial charge in [0.1, 0.15) is 0 Å². The molecule has 0 atom stereocenters. The van der Waals surface area contributed by atoms with Gasteiger partial charge in [0.25, 0.3) is 0 Å². The van der Waals surface area contributed by atoms with E-state index < -0.39 is 21.6 Å². The molecule has 0 unspecified atom stereocenters. The summed E-state index contributed by atoms with van der Waals surface area (Å²) in [7, 11) is 1.91. The molecule has 0 heterocycles. The molecule has 0 amide bonds. The average molecular weight is 609 g/mol. The predicted octanol–water partition coefficient (Wildman–Crippen LogP) is 6.60. The lowest BCUT2D eigenvalue weighted by atomic mass is 9.81. The largest absolute Gasteiger partial charge is 0.346 e. The first kappa shape index (κ1) is 28.8. The molecule has 2 nitrogen and oxygen atoms in total. The summed E-state index contributed by atoms with van der Waals surface area (Å²) in [5.41, 5.74) is 4.78. The topological polar surface area (TPSA) is 18.5 Å². The highest BCUT2D eigenvalue weighted by molar-refractivity contribution is 7.80. The minimum absolute atomic E-state index is 0.808. The third kappa shape index (κ3) is 5.03. The average Bonchev–Trinajstić information content (AvgIpc) is 3.10. The molecule has 0 bridgehead atoms. The molecule has 0 aromatic heterocycles. The lowest BCUT2D eigenvalue weighted by Gasteiger charge is -2.41. The summed E-state index contributed by atoms with van der Waals surface area (Å²) >= 11 is 0. The third-order valence-corrected chi connectivity index (χ3v) is 13.5. The number of hydrogen-bond acceptors (Lipinski definition) is 2. The van der Waals surface area contributed by atoms with Crippen LogP contribution in [-0.4, -0.2) is 14.2 Å². The van der Waals surface area contributed by atoms with Gasteiger partial charge >= 0.3 is 0 Å². The van der Waals surface area contributed by atoms with E-state index in [1.54, 1.807) is 14.2 Å². The maximum absolute atomic E-state index is 6.47. The Bertz CT molecular complexity index is 1640. The molecule has 0 radical (unpaired) electrons. The first-order valence-electron chi connectivity index (χ1n) is 14.9. The van der Waals surface area contributed by atoms with E-state index in [9.17, 15) is 0 Å². The summed E-state index contributed by atoms with van der Waals surface area (Å²) in [6, 6.07) is 57.1. The Morgan fingerprint density at radius 2 is 0.727 bits per heavy atom. The summed E-state index contributed by atoms with van der Waals surface area (Å²) in [5.74, 6) is -1.02. The molecule has 0 saturated heterocycles. The van der Waals surface area contributed by atoms with Crippen LogP contribution >= 0.6 is 15.8 Å². The SMILES string of the molecule is COC1(OC)c2cccc(P(c3ccccc3)c3ccccc3)c2Cc2c(P(c3ccccc3)c3ccccc3)cccc21. The molecular weight excluding hydrogens is 574 g/mol. The fourth-order valence-electron chi connectivity index (χ4n) is 6.56. The van der Waals surface area contributed by atoms with Crippen LogP contribution in [0, 0.1) is 0 Å². The Hall–Kier alpha value is -3.90. The molecule has 6 aromatic rings. The van der Waals surface area contributed by atoms with Gasteiger partial charge < -0.3 is 9.47 Å². The molecule has 0 spiro atoms. The monoisotopic (exact) mass is 608 g/mol. The lowest BCUT2D eigenvalue weighted by Crippen LogP contribution is -2.42. The summed E-state index contributed by atoms with van der Waals surface area (Å²) in [5, 5.41) is 8.01. The van der Waals surface area contributed by atoms with Gasteiger partial charge in [-0.25, -0.2) is 0 Å². The van der Waals surface area contributed by atoms with E-state index in [0.29, 0.717) is 0 Å². The minimum atomic E-state index is -1.02. The van der Waals surface area contributed by atoms with E-state index in [0.717, 1.165) is 17.5 Å². The van der Waals surface area contributed by atoms with Crippen molar-refractivity contribution in [1.29, 1.82) is 0 Å². The zero-order valence-electron chi connectivity index (χ0n) is 24.9. The van der Waals surface area contributed by atoms with Crippen LogP contribution < -0.4 is 31.8 Å². The van der Waals surface area contributed by atoms with Crippen LogP contribution in [0.15, 0.2) is 158 Å². The summed E-state index contributed by atoms with van der Waals surface area (Å²) < 4.78 is 12.9. The van der Waals surface area contributed by atoms with E-state index in [2.05, 4.69) is 158 Å². The molecule has 4 heteroatoms. The summed E-state index contributed by atoms with van der Waals surface area (Å²) in [6.07, 6.45) is 0.808. The standard InChI is InChI=1S/C40H34O2P2/c1-41-40(42-2)36-25-15-27-38(43(30-17-7-3-8-18-30)31-19-9-4-10-20-31)34(36)29-35-37(40)26-16-28-39(35)44(32-21-11-5-12-22-32)33-23-13-6-14-24-33/h3-28H,29H2,1-2H3. The fourth-order valence-corrected chi connectivity index (χ4v) is 11.6. The first-order chi connectivity index (χ1) is 21.7. The van der Waals surface area contributed by atoms with E-state index in [1.165, 1.54) is 43.0 Å². The molecule has 0 saturated carbocycles. The van der Waals surface area contributed by atoms with Crippen molar-refractivity contribution in [3.63, 3.8) is 0 Å². The van der Waals surface area contributed by atoms with Gasteiger partial charge in [-0.05, 0) is 65.2 Å². The second-order valence-electron chi connectivity index (χ2n) is 10.8. The van der Waals surface area contributed by atoms with Crippen molar-refractivity contribution in [3.8, 4) is 0 Å². The van der Waals surface area contributed by atoms with Crippen molar-refractivity contribution in [1.82, 2.24) is 0 Å². The predicted molar refractivity (Wildman–Crippen MR) is 188 cm³/mol. The third-order valence-electron chi connectivity index (χ3n) is 8.48. The maximum atomic E-state index is 6.47. The van der Waals surface area contributed by atoms with Gasteiger partial charge in [0, 0.05) is 25.3 Å². The molecular formula is C40H34O2P2. The quantitative estimate of drug-likeness (QED) is 0.143. The van der Waals surface area contributed by atoms with Gasteiger partial charge in [0.15, 0.2) is 0 Å². The second-order valence-corrected chi connectivity index (χ2v) is 15.2. The number of ether oxygens (including phenoxy) is 2. The Labute approximate surface area is 262 Å². The highest BCUT2D eigenvalue weighted by Gasteiger charge is 2.44. The number of methoxy groups -OCH3 is 2. The zero-order valence-corrected chi connectivity index (χ0v) is 26.7. The molecule has 216 valence electrons. The molecule has 0 aliphatic heterocycles. The maximum Gasteiger partial charge on any atom is 0.222 e. The van der Waals surface area contributed by atoms with Crippen LogP contribution in [0.4, 0.5) is 0 Å². The Morgan fingerprint density at radius 1 is 0.409 bits per heavy atom. The van der Waals surface area contributed by atoms with E-state index in [4.69, 9.17) is 9.47 Å². The smallest absolute Gasteiger partial charge is 0.222 e. The van der Waals surface area contributed by atoms with Crippen LogP contribution in [-0.2, 0) is 21.7 Å². The Morgan fingerprint density at radius 3 is 1.02 bits per heavy atom. The number of rotatable bonds is 8. The van der Waals surface area contributed by atoms with Gasteiger partial charge in [-0.3, -0.25) is 0 Å². The van der Waals surface area contributed by atoms with Crippen molar-refractivity contribution in [3.05, 3.63) is 180 Å². The van der Waals surface area contributed by atoms with Crippen molar-refractivity contribution in [2.24, 2.45) is 0 Å². The minimum Gasteiger partial charge on any atom is -0.346 e. The lowest BCUT2D eigenvalue weighted by molar-refractivity contribution is -0.185. The highest BCUT2D eigenvalue weighted by Crippen LogP contribution is 2.47. The van der Waals surface area contributed by atoms with Crippen LogP contribution in [0.1, 0.15) is 22.3 Å². The van der Waals surface area contributed by atoms with Gasteiger partial charge in [-0.1, -0.05) is 158 Å². The normalized spacial score (nSPS) is 13.5. The van der Waals surface area contributed by atoms with Gasteiger partial charge in [-0.2, -0.15) is 0 Å². The molecule has 44 heavy (non-hydrogen) atoms. The molecule has 0 N–H and O–H groups in total. The fraction of sp³-hybridized carbons (Fsp3) is 0.100. The van der Waals surface area contributed by atoms with E-state index in [1.807, 2.05) is 0 Å². The molecule has 0 fully saturated rings. The zero-order chi connectivity index (χ0) is 29.9. The van der Waals surface area contributed by atoms with Gasteiger partial charge in [-0.15, -0.1) is 0 Å². The van der Waals surface area contributed by atoms with E-state index in [-0.39, 0.29) is 0 Å². The summed E-state index contributed by atoms with van der Waals surface area (Å²) in [6.45, 7) is 0. The van der Waals surface area contributed by atoms with Crippen LogP contribution in [0.25, 0.3) is 0 Å². The van der Waals surface area contributed by atoms with Crippen molar-refractivity contribution in [2.75, 3.05) is 14.2 Å². The van der Waals surface area contributed by atoms with Crippen LogP contribution in [0.5, 0.6) is 0 Å². The molecule has 7 rings (SSSR count). The number of benzene rings is 6. The summed E-state index contributed by atoms with van der Waals surface area (Å²) in [4.78, 5) is 0. The van der Waals surface area contributed by atoms with Crippen molar-refractivity contribution in [2.45, 2.75) is 12.2 Å². The molecule has 1 aliphatic rings. The van der Waals surface area contributed by atoms with Crippen LogP contribution in [0.3, 0.4) is 0 Å². The molecule has 1 aliphatic carbocycles. The number of hydrogen-bond donors (Lipinski definition) is 0. The highest BCUT2D eigenvalue weighted by atomic mass is 31.1. The Kier molecular flexibility index (Phi) is 8.26. The Balaban J connectivity index is 1.49. The van der Waals surface area contributed by atoms with Crippen molar-refractivity contribution < 1.29 is 9.47 Å².